The second-order valence-electron chi connectivity index (χ2n) is 12.5. The molecule has 0 unspecified atom stereocenters. The first-order valence-corrected chi connectivity index (χ1v) is 14.2. The Bertz CT molecular complexity index is 896. The van der Waals surface area contributed by atoms with Gasteiger partial charge in [-0.15, -0.1) is 0 Å². The molecule has 1 aromatic rings. The van der Waals surface area contributed by atoms with Crippen molar-refractivity contribution in [3.8, 4) is 0 Å². The van der Waals surface area contributed by atoms with Crippen LogP contribution in [0.1, 0.15) is 90.5 Å². The molecule has 0 spiro atoms. The van der Waals surface area contributed by atoms with Gasteiger partial charge in [-0.05, 0) is 89.6 Å². The fraction of sp³-hybridized carbons (Fsp3) is 0.733. The topological polar surface area (TPSA) is 52.7 Å². The van der Waals surface area contributed by atoms with E-state index in [9.17, 15) is 14.0 Å². The highest BCUT2D eigenvalue weighted by molar-refractivity contribution is 5.85. The smallest absolute Gasteiger partial charge is 0.227 e. The molecule has 6 heteroatoms. The van der Waals surface area contributed by atoms with Crippen molar-refractivity contribution in [2.24, 2.45) is 17.3 Å². The number of likely N-dealkylation sites (N-methyl/N-ethyl adjacent to an activating group) is 1. The van der Waals surface area contributed by atoms with E-state index in [2.05, 4.69) is 37.9 Å². The molecule has 2 atom stereocenters. The number of hydrogen-bond donors (Lipinski definition) is 1. The van der Waals surface area contributed by atoms with Crippen LogP contribution in [-0.2, 0) is 9.59 Å². The molecule has 3 aliphatic rings. The molecule has 200 valence electrons. The minimum absolute atomic E-state index is 0.0704. The summed E-state index contributed by atoms with van der Waals surface area (Å²) in [7, 11) is 0. The molecular weight excluding hydrogens is 453 g/mol. The van der Waals surface area contributed by atoms with E-state index in [1.807, 2.05) is 17.0 Å². The van der Waals surface area contributed by atoms with Crippen molar-refractivity contribution in [2.45, 2.75) is 90.5 Å². The van der Waals surface area contributed by atoms with Crippen molar-refractivity contribution in [3.05, 3.63) is 35.6 Å². The van der Waals surface area contributed by atoms with Gasteiger partial charge in [-0.3, -0.25) is 9.59 Å². The number of nitrogens with zero attached hydrogens (tertiary/aromatic N) is 2. The average Bonchev–Trinajstić information content (AvgIpc) is 2.88. The highest BCUT2D eigenvalue weighted by Crippen LogP contribution is 2.47. The lowest BCUT2D eigenvalue weighted by Crippen LogP contribution is -2.58. The number of rotatable bonds is 5. The molecule has 2 aliphatic heterocycles. The molecule has 1 aromatic carbocycles. The van der Waals surface area contributed by atoms with Crippen LogP contribution in [0.4, 0.5) is 4.39 Å². The fourth-order valence-corrected chi connectivity index (χ4v) is 6.95. The molecule has 2 saturated heterocycles. The molecule has 0 aromatic heterocycles. The Kier molecular flexibility index (Phi) is 8.43. The number of carbonyl (C=O) groups excluding carboxylic acids is 2. The van der Waals surface area contributed by atoms with Gasteiger partial charge in [-0.1, -0.05) is 38.3 Å². The minimum Gasteiger partial charge on any atom is -0.351 e. The molecule has 4 rings (SSSR count). The van der Waals surface area contributed by atoms with Crippen LogP contribution in [0, 0.1) is 23.1 Å². The number of nitrogens with one attached hydrogen (secondary N) is 1. The van der Waals surface area contributed by atoms with Crippen LogP contribution in [-0.4, -0.2) is 59.9 Å². The van der Waals surface area contributed by atoms with Gasteiger partial charge in [-0.25, -0.2) is 4.39 Å². The maximum Gasteiger partial charge on any atom is 0.227 e. The van der Waals surface area contributed by atoms with Crippen molar-refractivity contribution in [2.75, 3.05) is 32.7 Å². The van der Waals surface area contributed by atoms with Gasteiger partial charge in [0.05, 0.1) is 5.41 Å². The summed E-state index contributed by atoms with van der Waals surface area (Å²) in [6.07, 6.45) is 8.23. The van der Waals surface area contributed by atoms with Crippen molar-refractivity contribution < 1.29 is 14.0 Å². The summed E-state index contributed by atoms with van der Waals surface area (Å²) in [6.45, 7) is 12.3. The van der Waals surface area contributed by atoms with Gasteiger partial charge < -0.3 is 15.1 Å². The number of halogens is 1. The van der Waals surface area contributed by atoms with E-state index >= 15 is 0 Å². The van der Waals surface area contributed by atoms with Gasteiger partial charge in [0.15, 0.2) is 0 Å². The molecule has 0 radical (unpaired) electrons. The summed E-state index contributed by atoms with van der Waals surface area (Å²) >= 11 is 0. The van der Waals surface area contributed by atoms with Crippen molar-refractivity contribution in [3.63, 3.8) is 0 Å². The zero-order chi connectivity index (χ0) is 25.9. The lowest BCUT2D eigenvalue weighted by Gasteiger charge is -2.48. The van der Waals surface area contributed by atoms with Crippen LogP contribution in [0.2, 0.25) is 0 Å². The van der Waals surface area contributed by atoms with Crippen LogP contribution in [0.3, 0.4) is 0 Å². The largest absolute Gasteiger partial charge is 0.351 e. The monoisotopic (exact) mass is 499 g/mol. The highest BCUT2D eigenvalue weighted by Gasteiger charge is 2.49. The van der Waals surface area contributed by atoms with E-state index in [0.717, 1.165) is 57.3 Å². The van der Waals surface area contributed by atoms with E-state index in [1.165, 1.54) is 31.4 Å². The SMILES string of the molecule is CCN1CC[C@@H](C(=O)N2CCC(C(=O)NC(C)(C)C)(C3CCCCC3)CC2)[C@H](c2ccc(F)cc2)C1. The van der Waals surface area contributed by atoms with Gasteiger partial charge in [0, 0.05) is 37.0 Å². The van der Waals surface area contributed by atoms with Crippen LogP contribution < -0.4 is 5.32 Å². The van der Waals surface area contributed by atoms with Crippen molar-refractivity contribution in [1.82, 2.24) is 15.1 Å². The number of amides is 2. The van der Waals surface area contributed by atoms with Crippen LogP contribution in [0.25, 0.3) is 0 Å². The lowest BCUT2D eigenvalue weighted by molar-refractivity contribution is -0.149. The van der Waals surface area contributed by atoms with Crippen LogP contribution >= 0.6 is 0 Å². The fourth-order valence-electron chi connectivity index (χ4n) is 6.95. The molecule has 3 fully saturated rings. The maximum atomic E-state index is 13.9. The summed E-state index contributed by atoms with van der Waals surface area (Å²) in [5, 5.41) is 3.30. The first-order chi connectivity index (χ1) is 17.1. The summed E-state index contributed by atoms with van der Waals surface area (Å²) < 4.78 is 13.6. The Morgan fingerprint density at radius 3 is 2.22 bits per heavy atom. The first-order valence-electron chi connectivity index (χ1n) is 14.2. The second kappa shape index (κ2) is 11.2. The van der Waals surface area contributed by atoms with Gasteiger partial charge >= 0.3 is 0 Å². The van der Waals surface area contributed by atoms with Crippen molar-refractivity contribution in [1.29, 1.82) is 0 Å². The molecule has 1 saturated carbocycles. The van der Waals surface area contributed by atoms with E-state index in [1.54, 1.807) is 0 Å². The second-order valence-corrected chi connectivity index (χ2v) is 12.5. The van der Waals surface area contributed by atoms with E-state index < -0.39 is 0 Å². The number of hydrogen-bond acceptors (Lipinski definition) is 3. The van der Waals surface area contributed by atoms with E-state index in [0.29, 0.717) is 19.0 Å². The summed E-state index contributed by atoms with van der Waals surface area (Å²) in [5.74, 6) is 0.548. The quantitative estimate of drug-likeness (QED) is 0.594. The Morgan fingerprint density at radius 2 is 1.64 bits per heavy atom. The normalized spacial score (nSPS) is 26.0. The molecular formula is C30H46FN3O2. The Labute approximate surface area is 217 Å². The average molecular weight is 500 g/mol. The van der Waals surface area contributed by atoms with Gasteiger partial charge in [-0.2, -0.15) is 0 Å². The van der Waals surface area contributed by atoms with E-state index in [-0.39, 0.29) is 40.4 Å². The Hall–Kier alpha value is -1.95. The standard InChI is InChI=1S/C30H46FN3O2/c1-5-33-18-15-25(26(21-33)22-11-13-24(31)14-12-22)27(35)34-19-16-30(17-20-34,23-9-7-6-8-10-23)28(36)32-29(2,3)4/h11-14,23,25-26H,5-10,15-21H2,1-4H3,(H,32,36)/t25-,26+/m1/s1. The number of benzene rings is 1. The zero-order valence-electron chi connectivity index (χ0n) is 22.8. The molecule has 2 heterocycles. The molecule has 0 bridgehead atoms. The third-order valence-corrected chi connectivity index (χ3v) is 9.05. The first kappa shape index (κ1) is 27.1. The summed E-state index contributed by atoms with van der Waals surface area (Å²) in [5.41, 5.74) is 0.416. The van der Waals surface area contributed by atoms with Crippen molar-refractivity contribution >= 4 is 11.8 Å². The van der Waals surface area contributed by atoms with Gasteiger partial charge in [0.1, 0.15) is 5.82 Å². The molecule has 1 aliphatic carbocycles. The Morgan fingerprint density at radius 1 is 1.00 bits per heavy atom. The highest BCUT2D eigenvalue weighted by atomic mass is 19.1. The molecule has 2 amide bonds. The predicted molar refractivity (Wildman–Crippen MR) is 142 cm³/mol. The zero-order valence-corrected chi connectivity index (χ0v) is 22.8. The number of likely N-dealkylation sites (tertiary alicyclic amines) is 2. The number of carbonyl (C=O) groups is 2. The minimum atomic E-state index is -0.369. The van der Waals surface area contributed by atoms with Gasteiger partial charge in [0.2, 0.25) is 11.8 Å². The maximum absolute atomic E-state index is 13.9. The van der Waals surface area contributed by atoms with Gasteiger partial charge in [0.25, 0.3) is 0 Å². The third-order valence-electron chi connectivity index (χ3n) is 9.05. The molecule has 5 nitrogen and oxygen atoms in total. The predicted octanol–water partition coefficient (Wildman–Crippen LogP) is 5.35. The van der Waals surface area contributed by atoms with Crippen LogP contribution in [0.5, 0.6) is 0 Å². The van der Waals surface area contributed by atoms with E-state index in [4.69, 9.17) is 0 Å². The molecule has 36 heavy (non-hydrogen) atoms. The molecule has 1 N–H and O–H groups in total. The number of piperidine rings is 2. The summed E-state index contributed by atoms with van der Waals surface area (Å²) in [6, 6.07) is 6.71. The lowest BCUT2D eigenvalue weighted by atomic mass is 9.63. The van der Waals surface area contributed by atoms with Crippen LogP contribution in [0.15, 0.2) is 24.3 Å². The summed E-state index contributed by atoms with van der Waals surface area (Å²) in [4.78, 5) is 32.0. The Balaban J connectivity index is 1.50. The third kappa shape index (κ3) is 5.95.